The van der Waals surface area contributed by atoms with E-state index in [1.807, 2.05) is 6.07 Å². The summed E-state index contributed by atoms with van der Waals surface area (Å²) in [5.41, 5.74) is 1.47. The van der Waals surface area contributed by atoms with E-state index in [1.165, 1.54) is 0 Å². The van der Waals surface area contributed by atoms with Crippen molar-refractivity contribution in [2.75, 3.05) is 0 Å². The van der Waals surface area contributed by atoms with E-state index >= 15 is 0 Å². The van der Waals surface area contributed by atoms with Crippen LogP contribution < -0.4 is 0 Å². The van der Waals surface area contributed by atoms with Crippen molar-refractivity contribution in [2.45, 2.75) is 12.3 Å². The van der Waals surface area contributed by atoms with Crippen LogP contribution in [0, 0.1) is 0 Å². The normalized spacial score (nSPS) is 12.0. The lowest BCUT2D eigenvalue weighted by Crippen LogP contribution is -2.10. The second-order valence-electron chi connectivity index (χ2n) is 3.59. The molecule has 2 aromatic rings. The molecule has 86 valence electrons. The Morgan fingerprint density at radius 1 is 1.29 bits per heavy atom. The second-order valence-corrected chi connectivity index (χ2v) is 3.59. The third-order valence-electron chi connectivity index (χ3n) is 2.42. The van der Waals surface area contributed by atoms with Crippen molar-refractivity contribution in [3.8, 4) is 0 Å². The average molecular weight is 229 g/mol. The smallest absolute Gasteiger partial charge is 0.304 e. The van der Waals surface area contributed by atoms with E-state index in [2.05, 4.69) is 15.2 Å². The number of hydrogen-bond acceptors (Lipinski definition) is 4. The van der Waals surface area contributed by atoms with Gasteiger partial charge >= 0.3 is 5.97 Å². The van der Waals surface area contributed by atoms with Crippen LogP contribution >= 0.6 is 0 Å². The number of pyridine rings is 1. The number of rotatable bonds is 4. The molecule has 0 aliphatic heterocycles. The van der Waals surface area contributed by atoms with Crippen LogP contribution in [0.25, 0.3) is 0 Å². The van der Waals surface area contributed by atoms with Gasteiger partial charge in [0.2, 0.25) is 0 Å². The summed E-state index contributed by atoms with van der Waals surface area (Å²) in [6.45, 7) is 0. The van der Waals surface area contributed by atoms with Crippen LogP contribution in [0.3, 0.4) is 0 Å². The first-order valence-electron chi connectivity index (χ1n) is 5.16. The quantitative estimate of drug-likeness (QED) is 0.859. The zero-order chi connectivity index (χ0) is 12.1. The molecule has 0 fully saturated rings. The fourth-order valence-electron chi connectivity index (χ4n) is 1.65. The molecule has 17 heavy (non-hydrogen) atoms. The highest BCUT2D eigenvalue weighted by atomic mass is 16.4. The largest absolute Gasteiger partial charge is 0.481 e. The molecule has 0 bridgehead atoms. The zero-order valence-electron chi connectivity index (χ0n) is 9.02. The van der Waals surface area contributed by atoms with E-state index in [9.17, 15) is 4.79 Å². The molecule has 0 spiro atoms. The summed E-state index contributed by atoms with van der Waals surface area (Å²) in [5.74, 6) is -1.18. The van der Waals surface area contributed by atoms with E-state index in [-0.39, 0.29) is 12.3 Å². The van der Waals surface area contributed by atoms with Crippen LogP contribution in [-0.2, 0) is 4.79 Å². The molecule has 0 amide bonds. The monoisotopic (exact) mass is 229 g/mol. The standard InChI is InChI=1S/C12H11N3O2/c16-12(17)7-10(9-3-1-5-13-8-9)11-4-2-6-14-15-11/h1-6,8,10H,7H2,(H,16,17). The van der Waals surface area contributed by atoms with Gasteiger partial charge in [-0.3, -0.25) is 9.78 Å². The molecule has 5 nitrogen and oxygen atoms in total. The Kier molecular flexibility index (Phi) is 3.40. The van der Waals surface area contributed by atoms with E-state index in [0.717, 1.165) is 5.56 Å². The number of nitrogens with zero attached hydrogens (tertiary/aromatic N) is 3. The fourth-order valence-corrected chi connectivity index (χ4v) is 1.65. The maximum Gasteiger partial charge on any atom is 0.304 e. The van der Waals surface area contributed by atoms with Gasteiger partial charge in [-0.15, -0.1) is 0 Å². The molecular weight excluding hydrogens is 218 g/mol. The van der Waals surface area contributed by atoms with Gasteiger partial charge < -0.3 is 5.11 Å². The van der Waals surface area contributed by atoms with E-state index in [4.69, 9.17) is 5.11 Å². The number of carbonyl (C=O) groups is 1. The van der Waals surface area contributed by atoms with Crippen molar-refractivity contribution in [2.24, 2.45) is 0 Å². The molecule has 5 heteroatoms. The van der Waals surface area contributed by atoms with E-state index in [1.54, 1.807) is 36.8 Å². The third-order valence-corrected chi connectivity index (χ3v) is 2.42. The summed E-state index contributed by atoms with van der Waals surface area (Å²) in [6.07, 6.45) is 4.84. The molecule has 0 aromatic carbocycles. The van der Waals surface area contributed by atoms with E-state index in [0.29, 0.717) is 5.69 Å². The van der Waals surface area contributed by atoms with Gasteiger partial charge in [-0.25, -0.2) is 0 Å². The Balaban J connectivity index is 2.36. The van der Waals surface area contributed by atoms with Crippen LogP contribution in [0.2, 0.25) is 0 Å². The molecular formula is C12H11N3O2. The van der Waals surface area contributed by atoms with Gasteiger partial charge in [-0.1, -0.05) is 6.07 Å². The maximum atomic E-state index is 10.9. The molecule has 0 aliphatic rings. The summed E-state index contributed by atoms with van der Waals surface area (Å²) in [7, 11) is 0. The van der Waals surface area contributed by atoms with Crippen LogP contribution in [0.5, 0.6) is 0 Å². The second kappa shape index (κ2) is 5.16. The fraction of sp³-hybridized carbons (Fsp3) is 0.167. The molecule has 2 heterocycles. The Labute approximate surface area is 98.2 Å². The maximum absolute atomic E-state index is 10.9. The lowest BCUT2D eigenvalue weighted by molar-refractivity contribution is -0.137. The molecule has 1 N–H and O–H groups in total. The highest BCUT2D eigenvalue weighted by Gasteiger charge is 2.19. The molecule has 2 rings (SSSR count). The lowest BCUT2D eigenvalue weighted by Gasteiger charge is -2.13. The minimum absolute atomic E-state index is 0.0234. The van der Waals surface area contributed by atoms with Gasteiger partial charge in [-0.05, 0) is 23.8 Å². The van der Waals surface area contributed by atoms with Gasteiger partial charge in [0, 0.05) is 24.5 Å². The number of carboxylic acids is 1. The van der Waals surface area contributed by atoms with Gasteiger partial charge in [0.15, 0.2) is 0 Å². The Morgan fingerprint density at radius 3 is 2.71 bits per heavy atom. The van der Waals surface area contributed by atoms with Crippen LogP contribution in [0.15, 0.2) is 42.9 Å². The van der Waals surface area contributed by atoms with Crippen LogP contribution in [0.1, 0.15) is 23.6 Å². The average Bonchev–Trinajstić information content (AvgIpc) is 2.38. The number of aliphatic carboxylic acids is 1. The minimum atomic E-state index is -0.871. The molecule has 0 saturated heterocycles. The molecule has 2 aromatic heterocycles. The Bertz CT molecular complexity index is 448. The van der Waals surface area contributed by atoms with Crippen molar-refractivity contribution in [3.05, 3.63) is 54.1 Å². The SMILES string of the molecule is O=C(O)CC(c1cccnc1)c1cccnn1. The van der Waals surface area contributed by atoms with Gasteiger partial charge in [0.25, 0.3) is 0 Å². The first-order chi connectivity index (χ1) is 8.27. The first kappa shape index (κ1) is 11.2. The number of carboxylic acid groups (broad SMARTS) is 1. The molecule has 0 saturated carbocycles. The molecule has 0 radical (unpaired) electrons. The summed E-state index contributed by atoms with van der Waals surface area (Å²) in [6, 6.07) is 7.14. The number of hydrogen-bond donors (Lipinski definition) is 1. The van der Waals surface area contributed by atoms with Crippen molar-refractivity contribution >= 4 is 5.97 Å². The highest BCUT2D eigenvalue weighted by Crippen LogP contribution is 2.25. The molecule has 1 atom stereocenters. The van der Waals surface area contributed by atoms with Crippen LogP contribution in [0.4, 0.5) is 0 Å². The minimum Gasteiger partial charge on any atom is -0.481 e. The van der Waals surface area contributed by atoms with Crippen molar-refractivity contribution in [3.63, 3.8) is 0 Å². The summed E-state index contributed by atoms with van der Waals surface area (Å²) in [4.78, 5) is 14.9. The summed E-state index contributed by atoms with van der Waals surface area (Å²) < 4.78 is 0. The summed E-state index contributed by atoms with van der Waals surface area (Å²) >= 11 is 0. The van der Waals surface area contributed by atoms with Crippen molar-refractivity contribution in [1.29, 1.82) is 0 Å². The van der Waals surface area contributed by atoms with Crippen molar-refractivity contribution in [1.82, 2.24) is 15.2 Å². The lowest BCUT2D eigenvalue weighted by atomic mass is 9.94. The van der Waals surface area contributed by atoms with Gasteiger partial charge in [-0.2, -0.15) is 10.2 Å². The number of aromatic nitrogens is 3. The molecule has 0 aliphatic carbocycles. The Hall–Kier alpha value is -2.30. The first-order valence-corrected chi connectivity index (χ1v) is 5.16. The predicted octanol–water partition coefficient (Wildman–Crippen LogP) is 1.48. The molecule has 1 unspecified atom stereocenters. The summed E-state index contributed by atoms with van der Waals surface area (Å²) in [5, 5.41) is 16.7. The zero-order valence-corrected chi connectivity index (χ0v) is 9.02. The Morgan fingerprint density at radius 2 is 2.12 bits per heavy atom. The third kappa shape index (κ3) is 2.84. The van der Waals surface area contributed by atoms with E-state index < -0.39 is 5.97 Å². The highest BCUT2D eigenvalue weighted by molar-refractivity contribution is 5.68. The van der Waals surface area contributed by atoms with Gasteiger partial charge in [0.1, 0.15) is 0 Å². The van der Waals surface area contributed by atoms with Gasteiger partial charge in [0.05, 0.1) is 12.1 Å². The predicted molar refractivity (Wildman–Crippen MR) is 60.4 cm³/mol. The van der Waals surface area contributed by atoms with Crippen LogP contribution in [-0.4, -0.2) is 26.3 Å². The van der Waals surface area contributed by atoms with Crippen molar-refractivity contribution < 1.29 is 9.90 Å². The topological polar surface area (TPSA) is 76.0 Å².